The van der Waals surface area contributed by atoms with Crippen LogP contribution in [0.1, 0.15) is 5.56 Å². The van der Waals surface area contributed by atoms with Gasteiger partial charge >= 0.3 is 0 Å². The van der Waals surface area contributed by atoms with E-state index in [2.05, 4.69) is 21.4 Å². The maximum atomic E-state index is 6.08. The lowest BCUT2D eigenvalue weighted by atomic mass is 10.2. The van der Waals surface area contributed by atoms with E-state index in [1.54, 1.807) is 12.4 Å². The fraction of sp³-hybridized carbons (Fsp3) is 0.0714. The van der Waals surface area contributed by atoms with E-state index in [9.17, 15) is 0 Å². The van der Waals surface area contributed by atoms with E-state index in [4.69, 9.17) is 23.2 Å². The van der Waals surface area contributed by atoms with Crippen LogP contribution in [0.25, 0.3) is 10.9 Å². The second kappa shape index (κ2) is 5.11. The number of hydrogen-bond acceptors (Lipinski definition) is 2. The average Bonchev–Trinajstić information content (AvgIpc) is 2.85. The van der Waals surface area contributed by atoms with Crippen LogP contribution in [0.3, 0.4) is 0 Å². The van der Waals surface area contributed by atoms with Crippen LogP contribution in [0.5, 0.6) is 0 Å². The van der Waals surface area contributed by atoms with Crippen molar-refractivity contribution in [3.05, 3.63) is 58.5 Å². The second-order valence-electron chi connectivity index (χ2n) is 4.21. The molecule has 96 valence electrons. The number of rotatable bonds is 3. The lowest BCUT2D eigenvalue weighted by Crippen LogP contribution is -2.01. The van der Waals surface area contributed by atoms with Crippen LogP contribution < -0.4 is 5.32 Å². The van der Waals surface area contributed by atoms with E-state index in [1.165, 1.54) is 0 Å². The molecule has 0 aliphatic heterocycles. The minimum Gasteiger partial charge on any atom is -0.381 e. The van der Waals surface area contributed by atoms with Gasteiger partial charge in [0.25, 0.3) is 0 Å². The number of pyridine rings is 1. The summed E-state index contributed by atoms with van der Waals surface area (Å²) in [4.78, 5) is 7.10. The molecule has 0 fully saturated rings. The fourth-order valence-electron chi connectivity index (χ4n) is 1.96. The molecule has 19 heavy (non-hydrogen) atoms. The van der Waals surface area contributed by atoms with E-state index in [0.717, 1.165) is 22.2 Å². The first-order valence-electron chi connectivity index (χ1n) is 5.83. The van der Waals surface area contributed by atoms with Crippen LogP contribution in [0.4, 0.5) is 5.69 Å². The van der Waals surface area contributed by atoms with Gasteiger partial charge in [0.15, 0.2) is 0 Å². The van der Waals surface area contributed by atoms with E-state index in [-0.39, 0.29) is 0 Å². The Morgan fingerprint density at radius 1 is 1.11 bits per heavy atom. The first-order chi connectivity index (χ1) is 9.24. The van der Waals surface area contributed by atoms with Gasteiger partial charge in [-0.05, 0) is 24.3 Å². The van der Waals surface area contributed by atoms with Gasteiger partial charge in [0.2, 0.25) is 0 Å². The molecule has 2 heterocycles. The van der Waals surface area contributed by atoms with Crippen molar-refractivity contribution >= 4 is 39.8 Å². The quantitative estimate of drug-likeness (QED) is 0.747. The van der Waals surface area contributed by atoms with Gasteiger partial charge < -0.3 is 10.3 Å². The van der Waals surface area contributed by atoms with E-state index < -0.39 is 0 Å². The lowest BCUT2D eigenvalue weighted by molar-refractivity contribution is 1.13. The molecule has 3 aromatic rings. The van der Waals surface area contributed by atoms with Gasteiger partial charge in [0, 0.05) is 47.3 Å². The van der Waals surface area contributed by atoms with Crippen molar-refractivity contribution < 1.29 is 0 Å². The molecule has 2 N–H and O–H groups in total. The number of H-pyrrole nitrogens is 1. The van der Waals surface area contributed by atoms with E-state index in [0.29, 0.717) is 16.6 Å². The molecule has 5 heteroatoms. The van der Waals surface area contributed by atoms with Gasteiger partial charge in [0.1, 0.15) is 0 Å². The summed E-state index contributed by atoms with van der Waals surface area (Å²) < 4.78 is 0. The van der Waals surface area contributed by atoms with Crippen LogP contribution >= 0.6 is 23.2 Å². The van der Waals surface area contributed by atoms with Crippen molar-refractivity contribution in [2.24, 2.45) is 0 Å². The Morgan fingerprint density at radius 3 is 2.68 bits per heavy atom. The summed E-state index contributed by atoms with van der Waals surface area (Å²) in [6, 6.07) is 8.16. The van der Waals surface area contributed by atoms with Crippen molar-refractivity contribution in [1.29, 1.82) is 0 Å². The number of nitrogens with one attached hydrogen (secondary N) is 2. The van der Waals surface area contributed by atoms with Crippen LogP contribution in [0.15, 0.2) is 42.9 Å². The van der Waals surface area contributed by atoms with Crippen molar-refractivity contribution in [3.8, 4) is 0 Å². The first kappa shape index (κ1) is 12.3. The van der Waals surface area contributed by atoms with Gasteiger partial charge in [0.05, 0.1) is 10.0 Å². The van der Waals surface area contributed by atoms with Crippen molar-refractivity contribution in [1.82, 2.24) is 9.97 Å². The number of aromatic nitrogens is 2. The molecule has 0 bridgehead atoms. The van der Waals surface area contributed by atoms with Crippen LogP contribution in [-0.2, 0) is 6.54 Å². The number of anilines is 1. The highest BCUT2D eigenvalue weighted by Crippen LogP contribution is 2.24. The standard InChI is InChI=1S/C14H11Cl2N3/c15-12-7-17-8-13(16)11(12)6-19-10-1-2-14-9(5-10)3-4-18-14/h1-5,7-8,18-19H,6H2. The maximum absolute atomic E-state index is 6.08. The molecule has 1 aromatic carbocycles. The average molecular weight is 292 g/mol. The minimum atomic E-state index is 0.566. The Kier molecular flexibility index (Phi) is 3.32. The zero-order valence-electron chi connectivity index (χ0n) is 9.95. The topological polar surface area (TPSA) is 40.7 Å². The van der Waals surface area contributed by atoms with Crippen LogP contribution in [-0.4, -0.2) is 9.97 Å². The fourth-order valence-corrected chi connectivity index (χ4v) is 2.46. The van der Waals surface area contributed by atoms with Crippen molar-refractivity contribution in [2.75, 3.05) is 5.32 Å². The second-order valence-corrected chi connectivity index (χ2v) is 5.03. The number of fused-ring (bicyclic) bond motifs is 1. The molecule has 3 rings (SSSR count). The van der Waals surface area contributed by atoms with Gasteiger partial charge in [-0.25, -0.2) is 0 Å². The molecule has 0 saturated heterocycles. The van der Waals surface area contributed by atoms with Gasteiger partial charge in [-0.1, -0.05) is 23.2 Å². The molecule has 0 amide bonds. The molecule has 0 aliphatic carbocycles. The van der Waals surface area contributed by atoms with Crippen molar-refractivity contribution in [3.63, 3.8) is 0 Å². The lowest BCUT2D eigenvalue weighted by Gasteiger charge is -2.09. The number of nitrogens with zero attached hydrogens (tertiary/aromatic N) is 1. The molecular formula is C14H11Cl2N3. The zero-order valence-corrected chi connectivity index (χ0v) is 11.5. The summed E-state index contributed by atoms with van der Waals surface area (Å²) in [5.74, 6) is 0. The van der Waals surface area contributed by atoms with E-state index in [1.807, 2.05) is 24.4 Å². The van der Waals surface area contributed by atoms with Gasteiger partial charge in [-0.15, -0.1) is 0 Å². The Hall–Kier alpha value is -1.71. The van der Waals surface area contributed by atoms with Crippen LogP contribution in [0, 0.1) is 0 Å². The molecule has 2 aromatic heterocycles. The number of benzene rings is 1. The third kappa shape index (κ3) is 2.53. The zero-order chi connectivity index (χ0) is 13.2. The largest absolute Gasteiger partial charge is 0.381 e. The highest BCUT2D eigenvalue weighted by molar-refractivity contribution is 6.35. The normalized spacial score (nSPS) is 10.8. The number of hydrogen-bond donors (Lipinski definition) is 2. The Balaban J connectivity index is 1.82. The summed E-state index contributed by atoms with van der Waals surface area (Å²) in [7, 11) is 0. The highest BCUT2D eigenvalue weighted by Gasteiger charge is 2.06. The predicted octanol–water partition coefficient (Wildman–Crippen LogP) is 4.48. The monoisotopic (exact) mass is 291 g/mol. The molecule has 0 saturated carbocycles. The summed E-state index contributed by atoms with van der Waals surface area (Å²) >= 11 is 12.2. The molecule has 0 spiro atoms. The number of halogens is 2. The van der Waals surface area contributed by atoms with Gasteiger partial charge in [-0.2, -0.15) is 0 Å². The first-order valence-corrected chi connectivity index (χ1v) is 6.58. The minimum absolute atomic E-state index is 0.566. The number of aromatic amines is 1. The summed E-state index contributed by atoms with van der Waals surface area (Å²) in [5, 5.41) is 5.62. The molecule has 0 radical (unpaired) electrons. The maximum Gasteiger partial charge on any atom is 0.0654 e. The Bertz CT molecular complexity index is 701. The van der Waals surface area contributed by atoms with Gasteiger partial charge in [-0.3, -0.25) is 4.98 Å². The summed E-state index contributed by atoms with van der Waals surface area (Å²) in [6.07, 6.45) is 5.12. The molecule has 0 aliphatic rings. The SMILES string of the molecule is Clc1cncc(Cl)c1CNc1ccc2[nH]ccc2c1. The Morgan fingerprint density at radius 2 is 1.89 bits per heavy atom. The smallest absolute Gasteiger partial charge is 0.0654 e. The van der Waals surface area contributed by atoms with Crippen molar-refractivity contribution in [2.45, 2.75) is 6.54 Å². The van der Waals surface area contributed by atoms with Crippen LogP contribution in [0.2, 0.25) is 10.0 Å². The third-order valence-corrected chi connectivity index (χ3v) is 3.63. The molecular weight excluding hydrogens is 281 g/mol. The highest BCUT2D eigenvalue weighted by atomic mass is 35.5. The molecule has 0 atom stereocenters. The summed E-state index contributed by atoms with van der Waals surface area (Å²) in [6.45, 7) is 0.566. The molecule has 0 unspecified atom stereocenters. The summed E-state index contributed by atoms with van der Waals surface area (Å²) in [5.41, 5.74) is 2.99. The van der Waals surface area contributed by atoms with E-state index >= 15 is 0 Å². The predicted molar refractivity (Wildman–Crippen MR) is 79.9 cm³/mol. The Labute approximate surface area is 120 Å². The third-order valence-electron chi connectivity index (χ3n) is 2.97. The molecule has 3 nitrogen and oxygen atoms in total.